The lowest BCUT2D eigenvalue weighted by Gasteiger charge is -2.12. The molecule has 2 heterocycles. The molecule has 0 atom stereocenters. The summed E-state index contributed by atoms with van der Waals surface area (Å²) in [5, 5.41) is 8.93. The third-order valence-corrected chi connectivity index (χ3v) is 5.33. The molecule has 3 N–H and O–H groups in total. The number of nitrogens with zero attached hydrogens (tertiary/aromatic N) is 2. The molecule has 3 aromatic carbocycles. The minimum absolute atomic E-state index is 0.238. The molecule has 5 nitrogen and oxygen atoms in total. The Bertz CT molecular complexity index is 1330. The van der Waals surface area contributed by atoms with Gasteiger partial charge in [0.2, 0.25) is 5.95 Å². The van der Waals surface area contributed by atoms with E-state index in [-0.39, 0.29) is 5.82 Å². The van der Waals surface area contributed by atoms with Crippen molar-refractivity contribution in [2.75, 3.05) is 17.2 Å². The Hall–Kier alpha value is -3.93. The van der Waals surface area contributed by atoms with Crippen LogP contribution in [-0.2, 0) is 13.0 Å². The summed E-state index contributed by atoms with van der Waals surface area (Å²) in [7, 11) is 0. The highest BCUT2D eigenvalue weighted by molar-refractivity contribution is 5.90. The highest BCUT2D eigenvalue weighted by Crippen LogP contribution is 2.23. The molecular weight excluding hydrogens is 389 g/mol. The Morgan fingerprint density at radius 1 is 0.806 bits per heavy atom. The van der Waals surface area contributed by atoms with Crippen molar-refractivity contribution in [3.8, 4) is 0 Å². The number of rotatable bonds is 7. The Labute approximate surface area is 179 Å². The lowest BCUT2D eigenvalue weighted by molar-refractivity contribution is 0.627. The van der Waals surface area contributed by atoms with Gasteiger partial charge in [0.1, 0.15) is 11.6 Å². The number of nitrogens with one attached hydrogen (secondary N) is 3. The van der Waals surface area contributed by atoms with E-state index in [1.165, 1.54) is 23.1 Å². The zero-order valence-electron chi connectivity index (χ0n) is 16.9. The summed E-state index contributed by atoms with van der Waals surface area (Å²) in [5.74, 6) is 1.10. The van der Waals surface area contributed by atoms with Gasteiger partial charge in [0.25, 0.3) is 0 Å². The van der Waals surface area contributed by atoms with Gasteiger partial charge in [-0.25, -0.2) is 9.37 Å². The second-order valence-corrected chi connectivity index (χ2v) is 7.43. The highest BCUT2D eigenvalue weighted by atomic mass is 19.1. The molecule has 0 saturated heterocycles. The molecule has 0 aliphatic heterocycles. The maximum atomic E-state index is 13.2. The van der Waals surface area contributed by atoms with Crippen molar-refractivity contribution >= 4 is 33.6 Å². The number of anilines is 2. The number of hydrogen-bond donors (Lipinski definition) is 3. The summed E-state index contributed by atoms with van der Waals surface area (Å²) in [4.78, 5) is 12.7. The number of hydrogen-bond acceptors (Lipinski definition) is 4. The average molecular weight is 411 g/mol. The van der Waals surface area contributed by atoms with Crippen LogP contribution in [0, 0.1) is 5.82 Å². The lowest BCUT2D eigenvalue weighted by Crippen LogP contribution is -2.10. The van der Waals surface area contributed by atoms with Crippen molar-refractivity contribution in [3.63, 3.8) is 0 Å². The fourth-order valence-corrected chi connectivity index (χ4v) is 3.73. The first-order valence-electron chi connectivity index (χ1n) is 10.3. The monoisotopic (exact) mass is 411 g/mol. The van der Waals surface area contributed by atoms with Gasteiger partial charge in [0.05, 0.1) is 5.52 Å². The van der Waals surface area contributed by atoms with Crippen LogP contribution in [0.1, 0.15) is 11.1 Å². The van der Waals surface area contributed by atoms with Crippen LogP contribution in [-0.4, -0.2) is 21.5 Å². The van der Waals surface area contributed by atoms with Gasteiger partial charge in [-0.3, -0.25) is 0 Å². The van der Waals surface area contributed by atoms with Crippen LogP contribution in [0.4, 0.5) is 16.2 Å². The molecule has 0 amide bonds. The van der Waals surface area contributed by atoms with Crippen LogP contribution in [0.15, 0.2) is 79.0 Å². The first-order chi connectivity index (χ1) is 15.3. The van der Waals surface area contributed by atoms with Gasteiger partial charge in [-0.15, -0.1) is 0 Å². The van der Waals surface area contributed by atoms with Gasteiger partial charge in [-0.2, -0.15) is 4.98 Å². The lowest BCUT2D eigenvalue weighted by atomic mass is 10.1. The van der Waals surface area contributed by atoms with Crippen molar-refractivity contribution < 1.29 is 4.39 Å². The van der Waals surface area contributed by atoms with Crippen molar-refractivity contribution in [1.82, 2.24) is 15.0 Å². The number of fused-ring (bicyclic) bond motifs is 2. The number of aromatic amines is 1. The van der Waals surface area contributed by atoms with Crippen LogP contribution in [0.2, 0.25) is 0 Å². The molecule has 0 spiro atoms. The van der Waals surface area contributed by atoms with Gasteiger partial charge >= 0.3 is 0 Å². The van der Waals surface area contributed by atoms with E-state index >= 15 is 0 Å². The minimum Gasteiger partial charge on any atom is -0.365 e. The first kappa shape index (κ1) is 19.1. The largest absolute Gasteiger partial charge is 0.365 e. The van der Waals surface area contributed by atoms with Crippen molar-refractivity contribution in [1.29, 1.82) is 0 Å². The smallest absolute Gasteiger partial charge is 0.225 e. The Kier molecular flexibility index (Phi) is 5.19. The number of halogens is 1. The van der Waals surface area contributed by atoms with E-state index in [2.05, 4.69) is 45.0 Å². The summed E-state index contributed by atoms with van der Waals surface area (Å²) in [6.45, 7) is 1.27. The topological polar surface area (TPSA) is 65.6 Å². The average Bonchev–Trinajstić information content (AvgIpc) is 3.22. The number of benzene rings is 3. The van der Waals surface area contributed by atoms with E-state index in [4.69, 9.17) is 4.98 Å². The van der Waals surface area contributed by atoms with Gasteiger partial charge in [0.15, 0.2) is 0 Å². The predicted molar refractivity (Wildman–Crippen MR) is 124 cm³/mol. The van der Waals surface area contributed by atoms with Gasteiger partial charge < -0.3 is 15.6 Å². The fraction of sp³-hybridized carbons (Fsp3) is 0.120. The standard InChI is InChI=1S/C25H22FN5/c26-19-11-9-17(10-12-19)15-29-24-21-6-2-4-8-23(21)30-25(31-24)27-14-13-18-16-28-22-7-3-1-5-20(18)22/h1-12,16,28H,13-15H2,(H2,27,29,30,31). The fourth-order valence-electron chi connectivity index (χ4n) is 3.73. The zero-order valence-corrected chi connectivity index (χ0v) is 16.9. The normalized spacial score (nSPS) is 11.1. The minimum atomic E-state index is -0.238. The van der Waals surface area contributed by atoms with Crippen LogP contribution in [0.3, 0.4) is 0 Å². The summed E-state index contributed by atoms with van der Waals surface area (Å²) < 4.78 is 13.2. The van der Waals surface area contributed by atoms with Crippen molar-refractivity contribution in [2.45, 2.75) is 13.0 Å². The summed E-state index contributed by atoms with van der Waals surface area (Å²) in [6.07, 6.45) is 2.92. The van der Waals surface area contributed by atoms with Crippen LogP contribution in [0.25, 0.3) is 21.8 Å². The molecule has 0 bridgehead atoms. The second kappa shape index (κ2) is 8.44. The summed E-state index contributed by atoms with van der Waals surface area (Å²) >= 11 is 0. The van der Waals surface area contributed by atoms with Crippen molar-refractivity contribution in [2.24, 2.45) is 0 Å². The SMILES string of the molecule is Fc1ccc(CNc2nc(NCCc3c[nH]c4ccccc34)nc3ccccc23)cc1. The van der Waals surface area contributed by atoms with Crippen LogP contribution < -0.4 is 10.6 Å². The molecule has 0 fully saturated rings. The van der Waals surface area contributed by atoms with Gasteiger partial charge in [-0.05, 0) is 47.9 Å². The molecule has 154 valence electrons. The molecule has 31 heavy (non-hydrogen) atoms. The Balaban J connectivity index is 1.33. The molecule has 2 aromatic heterocycles. The Morgan fingerprint density at radius 3 is 2.45 bits per heavy atom. The van der Waals surface area contributed by atoms with E-state index in [0.717, 1.165) is 40.8 Å². The van der Waals surface area contributed by atoms with Crippen LogP contribution in [0.5, 0.6) is 0 Å². The Morgan fingerprint density at radius 2 is 1.58 bits per heavy atom. The molecule has 5 rings (SSSR count). The van der Waals surface area contributed by atoms with E-state index in [1.807, 2.05) is 30.3 Å². The molecule has 6 heteroatoms. The zero-order chi connectivity index (χ0) is 21.0. The van der Waals surface area contributed by atoms with E-state index in [9.17, 15) is 4.39 Å². The van der Waals surface area contributed by atoms with E-state index in [1.54, 1.807) is 12.1 Å². The quantitative estimate of drug-likeness (QED) is 0.330. The molecule has 0 aliphatic carbocycles. The molecular formula is C25H22FN5. The third-order valence-electron chi connectivity index (χ3n) is 5.33. The number of aromatic nitrogens is 3. The molecule has 5 aromatic rings. The maximum Gasteiger partial charge on any atom is 0.225 e. The van der Waals surface area contributed by atoms with E-state index < -0.39 is 0 Å². The molecule has 0 saturated carbocycles. The van der Waals surface area contributed by atoms with Gasteiger partial charge in [0, 0.05) is 35.6 Å². The molecule has 0 radical (unpaired) electrons. The first-order valence-corrected chi connectivity index (χ1v) is 10.3. The second-order valence-electron chi connectivity index (χ2n) is 7.43. The summed E-state index contributed by atoms with van der Waals surface area (Å²) in [5.41, 5.74) is 4.26. The van der Waals surface area contributed by atoms with Crippen molar-refractivity contribution in [3.05, 3.63) is 95.9 Å². The maximum absolute atomic E-state index is 13.2. The third kappa shape index (κ3) is 4.19. The number of H-pyrrole nitrogens is 1. The predicted octanol–water partition coefficient (Wildman–Crippen LogP) is 5.52. The molecule has 0 unspecified atom stereocenters. The highest BCUT2D eigenvalue weighted by Gasteiger charge is 2.08. The van der Waals surface area contributed by atoms with Crippen LogP contribution >= 0.6 is 0 Å². The van der Waals surface area contributed by atoms with Gasteiger partial charge in [-0.1, -0.05) is 42.5 Å². The summed E-state index contributed by atoms with van der Waals surface area (Å²) in [6, 6.07) is 22.7. The molecule has 0 aliphatic rings. The number of para-hydroxylation sites is 2. The van der Waals surface area contributed by atoms with E-state index in [0.29, 0.717) is 12.5 Å².